The summed E-state index contributed by atoms with van der Waals surface area (Å²) in [6.07, 6.45) is 0. The first-order chi connectivity index (χ1) is 9.10. The maximum atomic E-state index is 9.35. The van der Waals surface area contributed by atoms with E-state index in [9.17, 15) is 5.26 Å². The van der Waals surface area contributed by atoms with E-state index in [1.54, 1.807) is 4.52 Å². The highest BCUT2D eigenvalue weighted by Gasteiger charge is 2.17. The van der Waals surface area contributed by atoms with Crippen LogP contribution in [0, 0.1) is 32.1 Å². The van der Waals surface area contributed by atoms with Crippen molar-refractivity contribution < 1.29 is 0 Å². The van der Waals surface area contributed by atoms with Crippen molar-refractivity contribution >= 4 is 16.3 Å². The highest BCUT2D eigenvalue weighted by molar-refractivity contribution is 7.16. The van der Waals surface area contributed by atoms with Crippen molar-refractivity contribution in [3.63, 3.8) is 0 Å². The van der Waals surface area contributed by atoms with Gasteiger partial charge in [-0.1, -0.05) is 23.5 Å². The van der Waals surface area contributed by atoms with Crippen LogP contribution in [0.3, 0.4) is 0 Å². The number of fused-ring (bicyclic) bond motifs is 1. The number of nitriles is 1. The molecule has 94 valence electrons. The molecular weight excluding hydrogens is 256 g/mol. The predicted octanol–water partition coefficient (Wildman–Crippen LogP) is 3.25. The van der Waals surface area contributed by atoms with Crippen LogP contribution in [0.15, 0.2) is 18.2 Å². The Kier molecular flexibility index (Phi) is 2.61. The van der Waals surface area contributed by atoms with E-state index < -0.39 is 0 Å². The van der Waals surface area contributed by atoms with E-state index in [0.29, 0.717) is 11.4 Å². The minimum atomic E-state index is 0.502. The van der Waals surface area contributed by atoms with E-state index >= 15 is 0 Å². The van der Waals surface area contributed by atoms with E-state index in [0.717, 1.165) is 15.5 Å². The van der Waals surface area contributed by atoms with Gasteiger partial charge < -0.3 is 0 Å². The second-order valence-corrected chi connectivity index (χ2v) is 5.70. The van der Waals surface area contributed by atoms with Crippen LogP contribution in [0.5, 0.6) is 0 Å². The van der Waals surface area contributed by atoms with Crippen molar-refractivity contribution in [2.24, 2.45) is 0 Å². The van der Waals surface area contributed by atoms with Gasteiger partial charge in [0.05, 0.1) is 0 Å². The van der Waals surface area contributed by atoms with E-state index in [2.05, 4.69) is 42.1 Å². The van der Waals surface area contributed by atoms with Crippen LogP contribution < -0.4 is 0 Å². The summed E-state index contributed by atoms with van der Waals surface area (Å²) in [6.45, 7) is 6.04. The fourth-order valence-corrected chi connectivity index (χ4v) is 2.78. The third kappa shape index (κ3) is 1.81. The Balaban J connectivity index is 2.27. The Morgan fingerprint density at radius 3 is 2.68 bits per heavy atom. The molecule has 19 heavy (non-hydrogen) atoms. The Hall–Kier alpha value is -2.19. The average Bonchev–Trinajstić information content (AvgIpc) is 2.88. The van der Waals surface area contributed by atoms with E-state index in [1.807, 2.05) is 13.0 Å². The standard InChI is InChI=1S/C14H12N4S/c1-8-4-5-11(6-9(8)2)13-12(7-15)18-14(16-13)19-10(3)17-18/h4-6H,1-3H3. The van der Waals surface area contributed by atoms with Gasteiger partial charge in [0.15, 0.2) is 5.69 Å². The van der Waals surface area contributed by atoms with Crippen LogP contribution >= 0.6 is 11.3 Å². The Bertz CT molecular complexity index is 820. The van der Waals surface area contributed by atoms with Crippen LogP contribution in [0.2, 0.25) is 0 Å². The number of aromatic nitrogens is 3. The number of hydrogen-bond donors (Lipinski definition) is 0. The van der Waals surface area contributed by atoms with Crippen LogP contribution in [0.1, 0.15) is 21.8 Å². The van der Waals surface area contributed by atoms with Gasteiger partial charge in [-0.25, -0.2) is 4.98 Å². The number of nitrogens with zero attached hydrogens (tertiary/aromatic N) is 4. The quantitative estimate of drug-likeness (QED) is 0.680. The average molecular weight is 268 g/mol. The summed E-state index contributed by atoms with van der Waals surface area (Å²) in [5.74, 6) is 0. The minimum Gasteiger partial charge on any atom is -0.216 e. The summed E-state index contributed by atoms with van der Waals surface area (Å²) < 4.78 is 1.63. The Morgan fingerprint density at radius 1 is 1.21 bits per heavy atom. The molecule has 0 bridgehead atoms. The van der Waals surface area contributed by atoms with Crippen LogP contribution in [-0.2, 0) is 0 Å². The SMILES string of the molecule is Cc1nn2c(C#N)c(-c3ccc(C)c(C)c3)nc2s1. The Morgan fingerprint density at radius 2 is 2.00 bits per heavy atom. The molecule has 0 fully saturated rings. The molecule has 0 amide bonds. The van der Waals surface area contributed by atoms with Gasteiger partial charge in [-0.05, 0) is 38.0 Å². The van der Waals surface area contributed by atoms with Crippen molar-refractivity contribution in [3.05, 3.63) is 40.0 Å². The molecule has 5 heteroatoms. The first kappa shape index (κ1) is 11.9. The van der Waals surface area contributed by atoms with Crippen LogP contribution in [-0.4, -0.2) is 14.6 Å². The first-order valence-corrected chi connectivity index (χ1v) is 6.75. The highest BCUT2D eigenvalue weighted by atomic mass is 32.1. The first-order valence-electron chi connectivity index (χ1n) is 5.94. The largest absolute Gasteiger partial charge is 0.216 e. The van der Waals surface area contributed by atoms with Gasteiger partial charge in [0.1, 0.15) is 16.8 Å². The molecule has 0 saturated heterocycles. The molecule has 0 saturated carbocycles. The molecule has 3 rings (SSSR count). The van der Waals surface area contributed by atoms with E-state index in [-0.39, 0.29) is 0 Å². The molecule has 1 aromatic carbocycles. The number of rotatable bonds is 1. The van der Waals surface area contributed by atoms with E-state index in [1.165, 1.54) is 22.5 Å². The molecule has 0 atom stereocenters. The molecule has 3 aromatic rings. The van der Waals surface area contributed by atoms with Gasteiger partial charge >= 0.3 is 0 Å². The lowest BCUT2D eigenvalue weighted by atomic mass is 10.0. The van der Waals surface area contributed by atoms with Gasteiger partial charge in [0, 0.05) is 5.56 Å². The monoisotopic (exact) mass is 268 g/mol. The van der Waals surface area contributed by atoms with Gasteiger partial charge in [-0.2, -0.15) is 14.9 Å². The fraction of sp³-hybridized carbons (Fsp3) is 0.214. The van der Waals surface area contributed by atoms with Crippen LogP contribution in [0.25, 0.3) is 16.2 Å². The normalized spacial score (nSPS) is 10.8. The molecule has 0 aliphatic rings. The molecule has 2 aromatic heterocycles. The molecule has 0 N–H and O–H groups in total. The molecule has 4 nitrogen and oxygen atoms in total. The summed E-state index contributed by atoms with van der Waals surface area (Å²) in [6, 6.07) is 8.33. The lowest BCUT2D eigenvalue weighted by Gasteiger charge is -2.02. The molecule has 2 heterocycles. The summed E-state index contributed by atoms with van der Waals surface area (Å²) in [5.41, 5.74) is 4.61. The van der Waals surface area contributed by atoms with Crippen LogP contribution in [0.4, 0.5) is 0 Å². The van der Waals surface area contributed by atoms with Gasteiger partial charge in [0.2, 0.25) is 4.96 Å². The van der Waals surface area contributed by atoms with E-state index in [4.69, 9.17) is 0 Å². The molecule has 0 aliphatic heterocycles. The zero-order chi connectivity index (χ0) is 13.6. The number of imidazole rings is 1. The zero-order valence-electron chi connectivity index (χ0n) is 10.9. The summed E-state index contributed by atoms with van der Waals surface area (Å²) >= 11 is 1.49. The van der Waals surface area contributed by atoms with Gasteiger partial charge in [-0.15, -0.1) is 0 Å². The molecular formula is C14H12N4S. The summed E-state index contributed by atoms with van der Waals surface area (Å²) in [5, 5.41) is 14.6. The highest BCUT2D eigenvalue weighted by Crippen LogP contribution is 2.27. The van der Waals surface area contributed by atoms with Crippen molar-refractivity contribution in [1.82, 2.24) is 14.6 Å². The third-order valence-corrected chi connectivity index (χ3v) is 4.01. The van der Waals surface area contributed by atoms with Crippen molar-refractivity contribution in [1.29, 1.82) is 5.26 Å². The third-order valence-electron chi connectivity index (χ3n) is 3.19. The number of benzene rings is 1. The summed E-state index contributed by atoms with van der Waals surface area (Å²) in [4.78, 5) is 5.31. The molecule has 0 spiro atoms. The lowest BCUT2D eigenvalue weighted by Crippen LogP contribution is -1.91. The summed E-state index contributed by atoms with van der Waals surface area (Å²) in [7, 11) is 0. The number of hydrogen-bond acceptors (Lipinski definition) is 4. The number of aryl methyl sites for hydroxylation is 3. The zero-order valence-corrected chi connectivity index (χ0v) is 11.7. The minimum absolute atomic E-state index is 0.502. The van der Waals surface area contributed by atoms with Gasteiger partial charge in [0.25, 0.3) is 0 Å². The predicted molar refractivity (Wildman–Crippen MR) is 75.2 cm³/mol. The van der Waals surface area contributed by atoms with Crippen molar-refractivity contribution in [3.8, 4) is 17.3 Å². The van der Waals surface area contributed by atoms with Gasteiger partial charge in [-0.3, -0.25) is 0 Å². The maximum absolute atomic E-state index is 9.35. The molecule has 0 radical (unpaired) electrons. The molecule has 0 aliphatic carbocycles. The Labute approximate surface area is 115 Å². The molecule has 0 unspecified atom stereocenters. The second kappa shape index (κ2) is 4.18. The lowest BCUT2D eigenvalue weighted by molar-refractivity contribution is 0.931. The smallest absolute Gasteiger partial charge is 0.213 e. The second-order valence-electron chi connectivity index (χ2n) is 4.54. The topological polar surface area (TPSA) is 54.0 Å². The van der Waals surface area contributed by atoms with Crippen molar-refractivity contribution in [2.45, 2.75) is 20.8 Å². The van der Waals surface area contributed by atoms with Crippen molar-refractivity contribution in [2.75, 3.05) is 0 Å². The fourth-order valence-electron chi connectivity index (χ4n) is 2.03. The maximum Gasteiger partial charge on any atom is 0.213 e.